The summed E-state index contributed by atoms with van der Waals surface area (Å²) in [6.07, 6.45) is 2.83. The molecule has 6 nitrogen and oxygen atoms in total. The first kappa shape index (κ1) is 14.7. The average molecular weight is 280 g/mol. The summed E-state index contributed by atoms with van der Waals surface area (Å²) in [5, 5.41) is 4.28. The van der Waals surface area contributed by atoms with Crippen LogP contribution in [0.4, 0.5) is 10.6 Å². The lowest BCUT2D eigenvalue weighted by Crippen LogP contribution is -2.37. The normalized spacial score (nSPS) is 16.9. The lowest BCUT2D eigenvalue weighted by Gasteiger charge is -2.27. The fraction of sp³-hybridized carbons (Fsp3) is 0.714. The zero-order valence-corrected chi connectivity index (χ0v) is 12.6. The highest BCUT2D eigenvalue weighted by molar-refractivity contribution is 5.68. The molecule has 0 fully saturated rings. The van der Waals surface area contributed by atoms with Gasteiger partial charge in [0.15, 0.2) is 0 Å². The molecule has 6 heteroatoms. The van der Waals surface area contributed by atoms with Crippen molar-refractivity contribution in [1.82, 2.24) is 14.7 Å². The number of nitrogens with zero attached hydrogens (tertiary/aromatic N) is 3. The first-order valence-corrected chi connectivity index (χ1v) is 7.15. The van der Waals surface area contributed by atoms with Crippen LogP contribution in [0.15, 0.2) is 6.07 Å². The summed E-state index contributed by atoms with van der Waals surface area (Å²) in [5.41, 5.74) is 6.25. The molecule has 0 aliphatic carbocycles. The number of aromatic nitrogens is 2. The van der Waals surface area contributed by atoms with Gasteiger partial charge in [-0.1, -0.05) is 0 Å². The lowest BCUT2D eigenvalue weighted by molar-refractivity contribution is 0.0228. The molecule has 1 aromatic heterocycles. The molecule has 0 saturated heterocycles. The summed E-state index contributed by atoms with van der Waals surface area (Å²) in [7, 11) is 0. The molecule has 0 atom stereocenters. The minimum atomic E-state index is -0.477. The van der Waals surface area contributed by atoms with Crippen molar-refractivity contribution in [3.63, 3.8) is 0 Å². The number of aryl methyl sites for hydroxylation is 1. The maximum Gasteiger partial charge on any atom is 0.410 e. The molecule has 2 heterocycles. The summed E-state index contributed by atoms with van der Waals surface area (Å²) >= 11 is 0. The zero-order chi connectivity index (χ0) is 14.8. The Labute approximate surface area is 119 Å². The van der Waals surface area contributed by atoms with Crippen LogP contribution in [-0.4, -0.2) is 32.9 Å². The van der Waals surface area contributed by atoms with Crippen LogP contribution in [0.3, 0.4) is 0 Å². The Bertz CT molecular complexity index is 476. The number of anilines is 1. The summed E-state index contributed by atoms with van der Waals surface area (Å²) in [6.45, 7) is 7.70. The van der Waals surface area contributed by atoms with Crippen LogP contribution in [0.25, 0.3) is 0 Å². The van der Waals surface area contributed by atoms with Gasteiger partial charge in [-0.3, -0.25) is 4.68 Å². The molecule has 0 bridgehead atoms. The topological polar surface area (TPSA) is 73.4 Å². The van der Waals surface area contributed by atoms with Gasteiger partial charge in [0.1, 0.15) is 11.4 Å². The molecular formula is C14H24N4O2. The number of hydrogen-bond acceptors (Lipinski definition) is 4. The largest absolute Gasteiger partial charge is 0.444 e. The Kier molecular flexibility index (Phi) is 4.20. The number of hydrogen-bond donors (Lipinski definition) is 1. The molecule has 0 aromatic carbocycles. The van der Waals surface area contributed by atoms with Crippen LogP contribution in [0.1, 0.15) is 45.7 Å². The third kappa shape index (κ3) is 3.88. The van der Waals surface area contributed by atoms with Crippen molar-refractivity contribution in [3.05, 3.63) is 11.8 Å². The molecule has 1 aliphatic heterocycles. The SMILES string of the molecule is CC(C)(C)OC(=O)N1CCCCCn2nc(N)cc2C1. The smallest absolute Gasteiger partial charge is 0.410 e. The predicted octanol–water partition coefficient (Wildman–Crippen LogP) is 2.39. The van der Waals surface area contributed by atoms with Crippen molar-refractivity contribution >= 4 is 11.9 Å². The van der Waals surface area contributed by atoms with Gasteiger partial charge in [0.25, 0.3) is 0 Å². The minimum Gasteiger partial charge on any atom is -0.444 e. The van der Waals surface area contributed by atoms with Crippen LogP contribution in [0.5, 0.6) is 0 Å². The first-order chi connectivity index (χ1) is 9.35. The van der Waals surface area contributed by atoms with Crippen molar-refractivity contribution in [2.45, 2.75) is 58.7 Å². The Morgan fingerprint density at radius 2 is 2.00 bits per heavy atom. The highest BCUT2D eigenvalue weighted by Crippen LogP contribution is 2.17. The van der Waals surface area contributed by atoms with Gasteiger partial charge in [-0.15, -0.1) is 0 Å². The van der Waals surface area contributed by atoms with E-state index in [4.69, 9.17) is 10.5 Å². The number of carbonyl (C=O) groups is 1. The molecule has 0 unspecified atom stereocenters. The number of nitrogen functional groups attached to an aromatic ring is 1. The monoisotopic (exact) mass is 280 g/mol. The van der Waals surface area contributed by atoms with E-state index < -0.39 is 5.60 Å². The van der Waals surface area contributed by atoms with E-state index >= 15 is 0 Å². The molecule has 2 N–H and O–H groups in total. The summed E-state index contributed by atoms with van der Waals surface area (Å²) in [6, 6.07) is 1.84. The van der Waals surface area contributed by atoms with Crippen LogP contribution >= 0.6 is 0 Å². The van der Waals surface area contributed by atoms with Gasteiger partial charge in [0, 0.05) is 19.2 Å². The molecule has 0 saturated carbocycles. The van der Waals surface area contributed by atoms with Gasteiger partial charge in [-0.25, -0.2) is 4.79 Å². The van der Waals surface area contributed by atoms with Crippen molar-refractivity contribution < 1.29 is 9.53 Å². The van der Waals surface area contributed by atoms with E-state index in [1.54, 1.807) is 4.90 Å². The number of fused-ring (bicyclic) bond motifs is 1. The molecule has 1 aromatic rings. The first-order valence-electron chi connectivity index (χ1n) is 7.15. The van der Waals surface area contributed by atoms with Crippen molar-refractivity contribution in [2.24, 2.45) is 0 Å². The molecule has 0 radical (unpaired) electrons. The predicted molar refractivity (Wildman–Crippen MR) is 77.1 cm³/mol. The van der Waals surface area contributed by atoms with E-state index in [1.165, 1.54) is 0 Å². The molecule has 1 amide bonds. The van der Waals surface area contributed by atoms with Gasteiger partial charge in [-0.05, 0) is 40.0 Å². The second-order valence-electron chi connectivity index (χ2n) is 6.25. The second kappa shape index (κ2) is 5.73. The number of ether oxygens (including phenoxy) is 1. The number of nitrogens with two attached hydrogens (primary N) is 1. The lowest BCUT2D eigenvalue weighted by atomic mass is 10.2. The average Bonchev–Trinajstić information content (AvgIpc) is 2.67. The quantitative estimate of drug-likeness (QED) is 0.792. The fourth-order valence-electron chi connectivity index (χ4n) is 2.30. The fourth-order valence-corrected chi connectivity index (χ4v) is 2.30. The van der Waals surface area contributed by atoms with Crippen LogP contribution in [-0.2, 0) is 17.8 Å². The highest BCUT2D eigenvalue weighted by Gasteiger charge is 2.24. The standard InChI is InChI=1S/C14H24N4O2/c1-14(2,3)20-13(19)17-7-5-4-6-8-18-11(10-17)9-12(15)16-18/h9H,4-8,10H2,1-3H3,(H2,15,16). The second-order valence-corrected chi connectivity index (χ2v) is 6.25. The molecule has 0 spiro atoms. The maximum absolute atomic E-state index is 12.3. The summed E-state index contributed by atoms with van der Waals surface area (Å²) < 4.78 is 7.36. The molecule has 20 heavy (non-hydrogen) atoms. The van der Waals surface area contributed by atoms with Crippen LogP contribution in [0, 0.1) is 0 Å². The minimum absolute atomic E-state index is 0.272. The summed E-state index contributed by atoms with van der Waals surface area (Å²) in [5.74, 6) is 0.504. The van der Waals surface area contributed by atoms with E-state index in [0.717, 1.165) is 31.5 Å². The Balaban J connectivity index is 2.15. The highest BCUT2D eigenvalue weighted by atomic mass is 16.6. The van der Waals surface area contributed by atoms with E-state index in [2.05, 4.69) is 5.10 Å². The number of amides is 1. The molecule has 2 rings (SSSR count). The third-order valence-corrected chi connectivity index (χ3v) is 3.18. The van der Waals surface area contributed by atoms with E-state index in [9.17, 15) is 4.79 Å². The number of carbonyl (C=O) groups excluding carboxylic acids is 1. The Morgan fingerprint density at radius 3 is 2.70 bits per heavy atom. The van der Waals surface area contributed by atoms with Crippen molar-refractivity contribution in [1.29, 1.82) is 0 Å². The third-order valence-electron chi connectivity index (χ3n) is 3.18. The van der Waals surface area contributed by atoms with Gasteiger partial charge in [0.05, 0.1) is 12.2 Å². The molecular weight excluding hydrogens is 256 g/mol. The maximum atomic E-state index is 12.3. The Hall–Kier alpha value is -1.72. The van der Waals surface area contributed by atoms with Gasteiger partial charge < -0.3 is 15.4 Å². The van der Waals surface area contributed by atoms with E-state index in [0.29, 0.717) is 18.9 Å². The number of rotatable bonds is 0. The zero-order valence-electron chi connectivity index (χ0n) is 12.6. The van der Waals surface area contributed by atoms with Gasteiger partial charge >= 0.3 is 6.09 Å². The molecule has 1 aliphatic rings. The molecule has 112 valence electrons. The van der Waals surface area contributed by atoms with Crippen LogP contribution < -0.4 is 5.73 Å². The van der Waals surface area contributed by atoms with Crippen molar-refractivity contribution in [2.75, 3.05) is 12.3 Å². The Morgan fingerprint density at radius 1 is 1.30 bits per heavy atom. The van der Waals surface area contributed by atoms with Crippen LogP contribution in [0.2, 0.25) is 0 Å². The van der Waals surface area contributed by atoms with E-state index in [1.807, 2.05) is 31.5 Å². The summed E-state index contributed by atoms with van der Waals surface area (Å²) in [4.78, 5) is 14.0. The van der Waals surface area contributed by atoms with Gasteiger partial charge in [-0.2, -0.15) is 5.10 Å². The van der Waals surface area contributed by atoms with E-state index in [-0.39, 0.29) is 6.09 Å². The van der Waals surface area contributed by atoms with Gasteiger partial charge in [0.2, 0.25) is 0 Å². The van der Waals surface area contributed by atoms with Crippen molar-refractivity contribution in [3.8, 4) is 0 Å².